The maximum atomic E-state index is 13.2. The highest BCUT2D eigenvalue weighted by Gasteiger charge is 2.67. The molecule has 2 heterocycles. The third-order valence-corrected chi connectivity index (χ3v) is 14.0. The van der Waals surface area contributed by atoms with Crippen LogP contribution in [0.1, 0.15) is 105 Å². The van der Waals surface area contributed by atoms with Gasteiger partial charge in [-0.05, 0) is 99.4 Å². The molecule has 0 amide bonds. The second-order valence-corrected chi connectivity index (χ2v) is 16.2. The van der Waals surface area contributed by atoms with Crippen LogP contribution in [0.25, 0.3) is 0 Å². The van der Waals surface area contributed by atoms with Crippen molar-refractivity contribution in [1.29, 1.82) is 0 Å². The second-order valence-electron chi connectivity index (χ2n) is 16.2. The molecule has 0 bridgehead atoms. The van der Waals surface area contributed by atoms with Gasteiger partial charge in [-0.2, -0.15) is 0 Å². The number of carbonyl (C=O) groups excluding carboxylic acids is 2. The second kappa shape index (κ2) is 13.0. The fraction of sp³-hybridized carbons (Fsp3) is 0.892. The molecule has 0 aromatic heterocycles. The van der Waals surface area contributed by atoms with Crippen LogP contribution in [0.3, 0.4) is 0 Å². The van der Waals surface area contributed by atoms with Gasteiger partial charge in [0.2, 0.25) is 0 Å². The van der Waals surface area contributed by atoms with Crippen molar-refractivity contribution in [2.24, 2.45) is 34.5 Å². The first-order valence-electron chi connectivity index (χ1n) is 18.3. The molecule has 6 rings (SSSR count). The normalized spacial score (nSPS) is 43.6. The summed E-state index contributed by atoms with van der Waals surface area (Å²) in [6.07, 6.45) is 15.4. The SMILES string of the molecule is C=CC[N+]1([C@H]2CC3C4CC[C@H]5C[C@H](OC(C)=O)[C@@H](N6CCOCC6)C[C@]5(C)C4CC[C@]3(C)[C@H]2OC(=O)CCC)CCCCC1. The van der Waals surface area contributed by atoms with Crippen LogP contribution in [0.2, 0.25) is 0 Å². The fourth-order valence-electron chi connectivity index (χ4n) is 12.0. The highest BCUT2D eigenvalue weighted by Crippen LogP contribution is 2.68. The van der Waals surface area contributed by atoms with Crippen molar-refractivity contribution in [1.82, 2.24) is 4.90 Å². The van der Waals surface area contributed by atoms with E-state index in [2.05, 4.69) is 38.3 Å². The molecule has 4 aliphatic carbocycles. The lowest BCUT2D eigenvalue weighted by atomic mass is 9.44. The zero-order chi connectivity index (χ0) is 31.1. The van der Waals surface area contributed by atoms with Crippen molar-refractivity contribution in [3.05, 3.63) is 12.7 Å². The van der Waals surface area contributed by atoms with Gasteiger partial charge in [0, 0.05) is 44.3 Å². The molecule has 6 aliphatic rings. The standard InChI is InChI=1S/C37H61N2O5/c1-6-11-34(41)44-35-32(39(18-7-2)19-9-8-10-20-39)24-30-28-13-12-27-23-33(43-26(3)40)31(38-16-21-42-22-17-38)25-37(27,5)29(28)14-15-36(30,35)4/h7,27-33,35H,2,6,8-25H2,1,3-5H3/q+1/t27-,28?,29?,30?,31-,32-,33-,35-,36-,37-/m0/s1. The average Bonchev–Trinajstić information content (AvgIpc) is 3.30. The maximum Gasteiger partial charge on any atom is 0.306 e. The van der Waals surface area contributed by atoms with E-state index in [4.69, 9.17) is 14.2 Å². The first-order valence-corrected chi connectivity index (χ1v) is 18.3. The van der Waals surface area contributed by atoms with E-state index in [0.29, 0.717) is 36.1 Å². The van der Waals surface area contributed by atoms with Crippen molar-refractivity contribution in [3.63, 3.8) is 0 Å². The molecule has 2 aliphatic heterocycles. The van der Waals surface area contributed by atoms with Gasteiger partial charge < -0.3 is 18.7 Å². The number of hydrogen-bond acceptors (Lipinski definition) is 6. The molecular weight excluding hydrogens is 552 g/mol. The summed E-state index contributed by atoms with van der Waals surface area (Å²) < 4.78 is 19.5. The first kappa shape index (κ1) is 32.5. The summed E-state index contributed by atoms with van der Waals surface area (Å²) in [5, 5.41) is 0. The van der Waals surface area contributed by atoms with Gasteiger partial charge in [-0.15, -0.1) is 0 Å². The van der Waals surface area contributed by atoms with Gasteiger partial charge in [0.15, 0.2) is 6.10 Å². The lowest BCUT2D eigenvalue weighted by Crippen LogP contribution is -2.63. The molecule has 0 aromatic rings. The Labute approximate surface area is 267 Å². The molecular formula is C37H61N2O5+. The molecule has 0 spiro atoms. The van der Waals surface area contributed by atoms with E-state index in [9.17, 15) is 9.59 Å². The van der Waals surface area contributed by atoms with Gasteiger partial charge in [-0.3, -0.25) is 14.5 Å². The summed E-state index contributed by atoms with van der Waals surface area (Å²) in [7, 11) is 0. The predicted molar refractivity (Wildman–Crippen MR) is 172 cm³/mol. The number of morpholine rings is 1. The summed E-state index contributed by atoms with van der Waals surface area (Å²) in [4.78, 5) is 28.0. The van der Waals surface area contributed by atoms with Crippen molar-refractivity contribution in [3.8, 4) is 0 Å². The molecule has 6 fully saturated rings. The van der Waals surface area contributed by atoms with Crippen LogP contribution in [-0.2, 0) is 23.8 Å². The van der Waals surface area contributed by atoms with Crippen LogP contribution in [0.4, 0.5) is 0 Å². The lowest BCUT2D eigenvalue weighted by Gasteiger charge is -2.62. The molecule has 2 saturated heterocycles. The van der Waals surface area contributed by atoms with E-state index in [1.54, 1.807) is 6.92 Å². The Bertz CT molecular complexity index is 1050. The number of piperidine rings is 1. The zero-order valence-electron chi connectivity index (χ0n) is 28.3. The van der Waals surface area contributed by atoms with E-state index in [1.807, 2.05) is 0 Å². The quantitative estimate of drug-likeness (QED) is 0.186. The number of likely N-dealkylation sites (tertiary alicyclic amines) is 1. The minimum absolute atomic E-state index is 0.00289. The largest absolute Gasteiger partial charge is 0.461 e. The molecule has 248 valence electrons. The average molecular weight is 614 g/mol. The topological polar surface area (TPSA) is 65.1 Å². The molecule has 10 atom stereocenters. The van der Waals surface area contributed by atoms with E-state index in [-0.39, 0.29) is 41.0 Å². The van der Waals surface area contributed by atoms with Crippen LogP contribution < -0.4 is 0 Å². The molecule has 7 heteroatoms. The summed E-state index contributed by atoms with van der Waals surface area (Å²) in [6.45, 7) is 19.7. The number of ether oxygens (including phenoxy) is 3. The van der Waals surface area contributed by atoms with Gasteiger partial charge in [0.25, 0.3) is 0 Å². The van der Waals surface area contributed by atoms with Crippen LogP contribution >= 0.6 is 0 Å². The van der Waals surface area contributed by atoms with Crippen LogP contribution in [0, 0.1) is 34.5 Å². The number of esters is 2. The molecule has 0 N–H and O–H groups in total. The van der Waals surface area contributed by atoms with Gasteiger partial charge >= 0.3 is 11.9 Å². The summed E-state index contributed by atoms with van der Waals surface area (Å²) in [5.41, 5.74) is 0.260. The van der Waals surface area contributed by atoms with E-state index in [0.717, 1.165) is 63.0 Å². The molecule has 7 nitrogen and oxygen atoms in total. The lowest BCUT2D eigenvalue weighted by molar-refractivity contribution is -0.952. The highest BCUT2D eigenvalue weighted by molar-refractivity contribution is 5.69. The Kier molecular flexibility index (Phi) is 9.59. The Hall–Kier alpha value is -1.44. The van der Waals surface area contributed by atoms with Crippen LogP contribution in [0.15, 0.2) is 12.7 Å². The van der Waals surface area contributed by atoms with Crippen LogP contribution in [0.5, 0.6) is 0 Å². The third kappa shape index (κ3) is 5.70. The molecule has 0 radical (unpaired) electrons. The number of rotatable bonds is 8. The molecule has 44 heavy (non-hydrogen) atoms. The third-order valence-electron chi connectivity index (χ3n) is 14.0. The van der Waals surface area contributed by atoms with Crippen molar-refractivity contribution in [2.45, 2.75) is 129 Å². The van der Waals surface area contributed by atoms with Crippen molar-refractivity contribution in [2.75, 3.05) is 45.9 Å². The summed E-state index contributed by atoms with van der Waals surface area (Å²) >= 11 is 0. The Morgan fingerprint density at radius 3 is 2.43 bits per heavy atom. The summed E-state index contributed by atoms with van der Waals surface area (Å²) in [6, 6.07) is 0.638. The van der Waals surface area contributed by atoms with Crippen molar-refractivity contribution >= 4 is 11.9 Å². The predicted octanol–water partition coefficient (Wildman–Crippen LogP) is 6.15. The Morgan fingerprint density at radius 2 is 1.75 bits per heavy atom. The number of carbonyl (C=O) groups is 2. The fourth-order valence-corrected chi connectivity index (χ4v) is 12.0. The van der Waals surface area contributed by atoms with E-state index < -0.39 is 0 Å². The maximum absolute atomic E-state index is 13.2. The first-order chi connectivity index (χ1) is 21.1. The van der Waals surface area contributed by atoms with Crippen LogP contribution in [-0.4, -0.2) is 91.6 Å². The highest BCUT2D eigenvalue weighted by atomic mass is 16.5. The number of fused-ring (bicyclic) bond motifs is 5. The van der Waals surface area contributed by atoms with E-state index in [1.165, 1.54) is 58.0 Å². The Balaban J connectivity index is 1.31. The van der Waals surface area contributed by atoms with Gasteiger partial charge in [-0.1, -0.05) is 27.4 Å². The number of nitrogens with zero attached hydrogens (tertiary/aromatic N) is 2. The molecule has 4 saturated carbocycles. The van der Waals surface area contributed by atoms with Gasteiger partial charge in [-0.25, -0.2) is 0 Å². The molecule has 0 aromatic carbocycles. The number of hydrogen-bond donors (Lipinski definition) is 0. The van der Waals surface area contributed by atoms with E-state index >= 15 is 0 Å². The smallest absolute Gasteiger partial charge is 0.306 e. The monoisotopic (exact) mass is 613 g/mol. The Morgan fingerprint density at radius 1 is 1.00 bits per heavy atom. The van der Waals surface area contributed by atoms with Gasteiger partial charge in [0.05, 0.1) is 32.8 Å². The van der Waals surface area contributed by atoms with Gasteiger partial charge in [0.1, 0.15) is 12.1 Å². The van der Waals surface area contributed by atoms with Crippen molar-refractivity contribution < 1.29 is 28.3 Å². The number of quaternary nitrogens is 1. The summed E-state index contributed by atoms with van der Waals surface area (Å²) in [5.74, 6) is 2.37. The minimum atomic E-state index is -0.145. The minimum Gasteiger partial charge on any atom is -0.461 e. The zero-order valence-corrected chi connectivity index (χ0v) is 28.3. The molecule has 3 unspecified atom stereocenters.